The summed E-state index contributed by atoms with van der Waals surface area (Å²) in [6.07, 6.45) is 1.11. The zero-order valence-electron chi connectivity index (χ0n) is 10.4. The highest BCUT2D eigenvalue weighted by molar-refractivity contribution is 5.80. The van der Waals surface area contributed by atoms with Crippen molar-refractivity contribution in [2.75, 3.05) is 20.2 Å². The van der Waals surface area contributed by atoms with Crippen molar-refractivity contribution >= 4 is 5.96 Å². The fraction of sp³-hybridized carbons (Fsp3) is 0.462. The minimum atomic E-state index is 0.766. The SMILES string of the molecule is COc1cc(CNC2=NCCCN2)ccc1C. The van der Waals surface area contributed by atoms with Gasteiger partial charge in [0.1, 0.15) is 5.75 Å². The van der Waals surface area contributed by atoms with Gasteiger partial charge in [0, 0.05) is 19.6 Å². The maximum absolute atomic E-state index is 5.30. The number of guanidine groups is 1. The molecule has 2 N–H and O–H groups in total. The maximum atomic E-state index is 5.30. The summed E-state index contributed by atoms with van der Waals surface area (Å²) in [5.74, 6) is 1.83. The molecule has 1 aliphatic rings. The highest BCUT2D eigenvalue weighted by Crippen LogP contribution is 2.18. The number of aryl methyl sites for hydroxylation is 1. The van der Waals surface area contributed by atoms with Crippen LogP contribution in [-0.2, 0) is 6.54 Å². The summed E-state index contributed by atoms with van der Waals surface area (Å²) in [6.45, 7) is 4.72. The normalized spacial score (nSPS) is 14.8. The van der Waals surface area contributed by atoms with E-state index in [1.807, 2.05) is 6.92 Å². The lowest BCUT2D eigenvalue weighted by Crippen LogP contribution is -2.40. The van der Waals surface area contributed by atoms with E-state index in [-0.39, 0.29) is 0 Å². The molecule has 1 aromatic carbocycles. The Hall–Kier alpha value is -1.71. The highest BCUT2D eigenvalue weighted by atomic mass is 16.5. The van der Waals surface area contributed by atoms with Crippen LogP contribution in [0.25, 0.3) is 0 Å². The van der Waals surface area contributed by atoms with Crippen LogP contribution in [0, 0.1) is 6.92 Å². The molecule has 0 atom stereocenters. The van der Waals surface area contributed by atoms with Crippen molar-refractivity contribution in [1.29, 1.82) is 0 Å². The molecule has 0 bridgehead atoms. The average molecular weight is 233 g/mol. The molecule has 0 radical (unpaired) electrons. The number of aliphatic imine (C=N–C) groups is 1. The van der Waals surface area contributed by atoms with E-state index in [9.17, 15) is 0 Å². The molecule has 2 rings (SSSR count). The summed E-state index contributed by atoms with van der Waals surface area (Å²) in [6, 6.07) is 6.24. The van der Waals surface area contributed by atoms with Crippen molar-refractivity contribution < 1.29 is 4.74 Å². The molecule has 17 heavy (non-hydrogen) atoms. The standard InChI is InChI=1S/C13H19N3O/c1-10-4-5-11(8-12(10)17-2)9-16-13-14-6-3-7-15-13/h4-5,8H,3,6-7,9H2,1-2H3,(H2,14,15,16). The first-order valence-electron chi connectivity index (χ1n) is 5.95. The van der Waals surface area contributed by atoms with Gasteiger partial charge in [-0.2, -0.15) is 0 Å². The molecule has 4 heteroatoms. The zero-order valence-corrected chi connectivity index (χ0v) is 10.4. The third-order valence-corrected chi connectivity index (χ3v) is 2.83. The Morgan fingerprint density at radius 1 is 1.47 bits per heavy atom. The van der Waals surface area contributed by atoms with Crippen LogP contribution < -0.4 is 15.4 Å². The summed E-state index contributed by atoms with van der Waals surface area (Å²) >= 11 is 0. The van der Waals surface area contributed by atoms with E-state index in [2.05, 4.69) is 33.8 Å². The topological polar surface area (TPSA) is 45.6 Å². The molecule has 1 heterocycles. The third kappa shape index (κ3) is 3.12. The number of rotatable bonds is 3. The van der Waals surface area contributed by atoms with Crippen LogP contribution in [-0.4, -0.2) is 26.2 Å². The summed E-state index contributed by atoms with van der Waals surface area (Å²) in [5.41, 5.74) is 2.35. The van der Waals surface area contributed by atoms with Gasteiger partial charge in [-0.1, -0.05) is 12.1 Å². The Kier molecular flexibility index (Phi) is 3.85. The van der Waals surface area contributed by atoms with E-state index >= 15 is 0 Å². The molecule has 0 saturated heterocycles. The van der Waals surface area contributed by atoms with E-state index in [1.54, 1.807) is 7.11 Å². The molecule has 0 unspecified atom stereocenters. The summed E-state index contributed by atoms with van der Waals surface area (Å²) < 4.78 is 5.30. The molecule has 0 fully saturated rings. The quantitative estimate of drug-likeness (QED) is 0.830. The monoisotopic (exact) mass is 233 g/mol. The van der Waals surface area contributed by atoms with E-state index in [0.29, 0.717) is 0 Å². The maximum Gasteiger partial charge on any atom is 0.191 e. The van der Waals surface area contributed by atoms with Gasteiger partial charge in [-0.25, -0.2) is 0 Å². The Morgan fingerprint density at radius 3 is 3.06 bits per heavy atom. The summed E-state index contributed by atoms with van der Waals surface area (Å²) in [5, 5.41) is 6.53. The second-order valence-corrected chi connectivity index (χ2v) is 4.17. The number of hydrogen-bond acceptors (Lipinski definition) is 4. The van der Waals surface area contributed by atoms with E-state index in [4.69, 9.17) is 4.74 Å². The largest absolute Gasteiger partial charge is 0.496 e. The van der Waals surface area contributed by atoms with E-state index < -0.39 is 0 Å². The predicted molar refractivity (Wildman–Crippen MR) is 69.5 cm³/mol. The fourth-order valence-corrected chi connectivity index (χ4v) is 1.81. The van der Waals surface area contributed by atoms with Gasteiger partial charge in [0.25, 0.3) is 0 Å². The lowest BCUT2D eigenvalue weighted by Gasteiger charge is -2.16. The first kappa shape index (κ1) is 11.8. The van der Waals surface area contributed by atoms with Crippen molar-refractivity contribution in [3.63, 3.8) is 0 Å². The second-order valence-electron chi connectivity index (χ2n) is 4.17. The summed E-state index contributed by atoms with van der Waals surface area (Å²) in [4.78, 5) is 4.37. The highest BCUT2D eigenvalue weighted by Gasteiger charge is 2.04. The van der Waals surface area contributed by atoms with Gasteiger partial charge in [-0.05, 0) is 30.5 Å². The molecule has 0 saturated carbocycles. The van der Waals surface area contributed by atoms with Gasteiger partial charge in [0.15, 0.2) is 5.96 Å². The minimum absolute atomic E-state index is 0.766. The number of benzene rings is 1. The van der Waals surface area contributed by atoms with Crippen LogP contribution in [0.1, 0.15) is 17.5 Å². The van der Waals surface area contributed by atoms with Gasteiger partial charge in [0.05, 0.1) is 7.11 Å². The molecule has 0 aliphatic carbocycles. The number of hydrogen-bond donors (Lipinski definition) is 2. The van der Waals surface area contributed by atoms with Crippen LogP contribution >= 0.6 is 0 Å². The number of nitrogens with zero attached hydrogens (tertiary/aromatic N) is 1. The van der Waals surface area contributed by atoms with Gasteiger partial charge in [-0.3, -0.25) is 4.99 Å². The van der Waals surface area contributed by atoms with E-state index in [0.717, 1.165) is 43.3 Å². The van der Waals surface area contributed by atoms with Crippen LogP contribution in [0.4, 0.5) is 0 Å². The third-order valence-electron chi connectivity index (χ3n) is 2.83. The molecule has 0 amide bonds. The lowest BCUT2D eigenvalue weighted by molar-refractivity contribution is 0.411. The molecule has 92 valence electrons. The van der Waals surface area contributed by atoms with Crippen LogP contribution in [0.2, 0.25) is 0 Å². The van der Waals surface area contributed by atoms with Crippen molar-refractivity contribution in [2.45, 2.75) is 19.9 Å². The van der Waals surface area contributed by atoms with E-state index in [1.165, 1.54) is 5.56 Å². The van der Waals surface area contributed by atoms with Crippen molar-refractivity contribution in [2.24, 2.45) is 4.99 Å². The van der Waals surface area contributed by atoms with Crippen molar-refractivity contribution in [3.8, 4) is 5.75 Å². The molecule has 1 aromatic rings. The Bertz CT molecular complexity index is 415. The molecular formula is C13H19N3O. The zero-order chi connectivity index (χ0) is 12.1. The number of nitrogens with one attached hydrogen (secondary N) is 2. The minimum Gasteiger partial charge on any atom is -0.496 e. The lowest BCUT2D eigenvalue weighted by atomic mass is 10.1. The predicted octanol–water partition coefficient (Wildman–Crippen LogP) is 1.44. The number of ether oxygens (including phenoxy) is 1. The van der Waals surface area contributed by atoms with Gasteiger partial charge in [-0.15, -0.1) is 0 Å². The van der Waals surface area contributed by atoms with Crippen LogP contribution in [0.3, 0.4) is 0 Å². The van der Waals surface area contributed by atoms with Gasteiger partial charge < -0.3 is 15.4 Å². The summed E-state index contributed by atoms with van der Waals surface area (Å²) in [7, 11) is 1.70. The van der Waals surface area contributed by atoms with Crippen LogP contribution in [0.5, 0.6) is 5.75 Å². The molecule has 4 nitrogen and oxygen atoms in total. The smallest absolute Gasteiger partial charge is 0.191 e. The Balaban J connectivity index is 1.96. The van der Waals surface area contributed by atoms with Crippen molar-refractivity contribution in [3.05, 3.63) is 29.3 Å². The average Bonchev–Trinajstić information content (AvgIpc) is 2.39. The molecule has 0 aromatic heterocycles. The van der Waals surface area contributed by atoms with Gasteiger partial charge in [0.2, 0.25) is 0 Å². The number of methoxy groups -OCH3 is 1. The fourth-order valence-electron chi connectivity index (χ4n) is 1.81. The Morgan fingerprint density at radius 2 is 2.35 bits per heavy atom. The van der Waals surface area contributed by atoms with Crippen molar-refractivity contribution in [1.82, 2.24) is 10.6 Å². The first-order valence-corrected chi connectivity index (χ1v) is 5.95. The molecule has 1 aliphatic heterocycles. The molecule has 0 spiro atoms. The Labute approximate surface area is 102 Å². The molecular weight excluding hydrogens is 214 g/mol. The van der Waals surface area contributed by atoms with Crippen LogP contribution in [0.15, 0.2) is 23.2 Å². The second kappa shape index (κ2) is 5.57. The first-order chi connectivity index (χ1) is 8.29. The van der Waals surface area contributed by atoms with Gasteiger partial charge >= 0.3 is 0 Å².